The number of carbonyl (C=O) groups is 1. The van der Waals surface area contributed by atoms with Gasteiger partial charge in [0.25, 0.3) is 5.91 Å². The lowest BCUT2D eigenvalue weighted by atomic mass is 10.2. The standard InChI is InChI=1S/C16H18N2O3/c1-20-14-8-9-18(11-14)13-6-4-12(5-7-13)17-16(19)15-3-2-10-21-15/h2-7,10,14H,8-9,11H2,1H3,(H,17,19)/t14-/m0/s1. The Morgan fingerprint density at radius 2 is 2.14 bits per heavy atom. The Balaban J connectivity index is 1.63. The largest absolute Gasteiger partial charge is 0.459 e. The van der Waals surface area contributed by atoms with Crippen molar-refractivity contribution in [2.24, 2.45) is 0 Å². The van der Waals surface area contributed by atoms with E-state index in [2.05, 4.69) is 10.2 Å². The summed E-state index contributed by atoms with van der Waals surface area (Å²) in [6, 6.07) is 11.1. The lowest BCUT2D eigenvalue weighted by Crippen LogP contribution is -2.22. The summed E-state index contributed by atoms with van der Waals surface area (Å²) in [6.07, 6.45) is 2.84. The molecule has 1 fully saturated rings. The summed E-state index contributed by atoms with van der Waals surface area (Å²) in [5, 5.41) is 2.81. The molecule has 0 radical (unpaired) electrons. The molecular formula is C16H18N2O3. The number of ether oxygens (including phenoxy) is 1. The Morgan fingerprint density at radius 3 is 2.76 bits per heavy atom. The van der Waals surface area contributed by atoms with Gasteiger partial charge in [0.15, 0.2) is 5.76 Å². The van der Waals surface area contributed by atoms with Crippen LogP contribution in [0.15, 0.2) is 47.1 Å². The second-order valence-electron chi connectivity index (χ2n) is 5.07. The van der Waals surface area contributed by atoms with E-state index in [1.807, 2.05) is 24.3 Å². The summed E-state index contributed by atoms with van der Waals surface area (Å²) in [4.78, 5) is 14.2. The van der Waals surface area contributed by atoms with E-state index in [9.17, 15) is 4.79 Å². The smallest absolute Gasteiger partial charge is 0.291 e. The van der Waals surface area contributed by atoms with Crippen LogP contribution in [0.4, 0.5) is 11.4 Å². The highest BCUT2D eigenvalue weighted by atomic mass is 16.5. The number of furan rings is 1. The van der Waals surface area contributed by atoms with Crippen LogP contribution in [0.1, 0.15) is 17.0 Å². The van der Waals surface area contributed by atoms with Gasteiger partial charge < -0.3 is 19.4 Å². The predicted molar refractivity (Wildman–Crippen MR) is 80.7 cm³/mol. The number of nitrogens with zero attached hydrogens (tertiary/aromatic N) is 1. The molecule has 110 valence electrons. The van der Waals surface area contributed by atoms with Gasteiger partial charge in [0.2, 0.25) is 0 Å². The summed E-state index contributed by atoms with van der Waals surface area (Å²) in [6.45, 7) is 1.91. The van der Waals surface area contributed by atoms with Crippen LogP contribution >= 0.6 is 0 Å². The minimum Gasteiger partial charge on any atom is -0.459 e. The molecule has 0 bridgehead atoms. The first-order valence-electron chi connectivity index (χ1n) is 6.99. The Labute approximate surface area is 123 Å². The third-order valence-corrected chi connectivity index (χ3v) is 3.71. The molecule has 1 atom stereocenters. The lowest BCUT2D eigenvalue weighted by Gasteiger charge is -2.18. The van der Waals surface area contributed by atoms with Gasteiger partial charge in [-0.2, -0.15) is 0 Å². The van der Waals surface area contributed by atoms with E-state index in [-0.39, 0.29) is 5.91 Å². The molecule has 0 saturated carbocycles. The van der Waals surface area contributed by atoms with Gasteiger partial charge in [-0.05, 0) is 42.8 Å². The molecule has 2 aromatic rings. The summed E-state index contributed by atoms with van der Waals surface area (Å²) in [5.41, 5.74) is 1.90. The van der Waals surface area contributed by atoms with Crippen molar-refractivity contribution in [1.82, 2.24) is 0 Å². The number of amides is 1. The Kier molecular flexibility index (Phi) is 3.92. The maximum Gasteiger partial charge on any atom is 0.291 e. The second kappa shape index (κ2) is 6.01. The number of benzene rings is 1. The van der Waals surface area contributed by atoms with E-state index in [0.29, 0.717) is 11.9 Å². The molecule has 1 N–H and O–H groups in total. The van der Waals surface area contributed by atoms with Gasteiger partial charge in [0.1, 0.15) is 0 Å². The number of nitrogens with one attached hydrogen (secondary N) is 1. The van der Waals surface area contributed by atoms with Crippen molar-refractivity contribution in [3.05, 3.63) is 48.4 Å². The summed E-state index contributed by atoms with van der Waals surface area (Å²) < 4.78 is 10.4. The van der Waals surface area contributed by atoms with Gasteiger partial charge in [-0.3, -0.25) is 4.79 Å². The highest BCUT2D eigenvalue weighted by Crippen LogP contribution is 2.23. The van der Waals surface area contributed by atoms with Crippen molar-refractivity contribution in [1.29, 1.82) is 0 Å². The number of anilines is 2. The minimum atomic E-state index is -0.242. The Bertz CT molecular complexity index is 592. The number of rotatable bonds is 4. The molecular weight excluding hydrogens is 268 g/mol. The van der Waals surface area contributed by atoms with Gasteiger partial charge in [-0.15, -0.1) is 0 Å². The van der Waals surface area contributed by atoms with Crippen LogP contribution in [0.3, 0.4) is 0 Å². The quantitative estimate of drug-likeness (QED) is 0.939. The first-order chi connectivity index (χ1) is 10.3. The third-order valence-electron chi connectivity index (χ3n) is 3.71. The van der Waals surface area contributed by atoms with Gasteiger partial charge in [-0.25, -0.2) is 0 Å². The number of methoxy groups -OCH3 is 1. The van der Waals surface area contributed by atoms with Crippen LogP contribution in [0.25, 0.3) is 0 Å². The molecule has 0 spiro atoms. The summed E-state index contributed by atoms with van der Waals surface area (Å²) in [7, 11) is 1.75. The molecule has 1 saturated heterocycles. The van der Waals surface area contributed by atoms with Crippen LogP contribution in [0.5, 0.6) is 0 Å². The van der Waals surface area contributed by atoms with E-state index in [4.69, 9.17) is 9.15 Å². The predicted octanol–water partition coefficient (Wildman–Crippen LogP) is 2.76. The molecule has 2 heterocycles. The number of hydrogen-bond donors (Lipinski definition) is 1. The molecule has 5 nitrogen and oxygen atoms in total. The van der Waals surface area contributed by atoms with Crippen molar-refractivity contribution in [2.75, 3.05) is 30.4 Å². The fourth-order valence-electron chi connectivity index (χ4n) is 2.51. The highest BCUT2D eigenvalue weighted by molar-refractivity contribution is 6.02. The molecule has 1 amide bonds. The van der Waals surface area contributed by atoms with E-state index >= 15 is 0 Å². The molecule has 1 aliphatic rings. The van der Waals surface area contributed by atoms with Crippen LogP contribution < -0.4 is 10.2 Å². The first kappa shape index (κ1) is 13.7. The highest BCUT2D eigenvalue weighted by Gasteiger charge is 2.22. The van der Waals surface area contributed by atoms with Crippen LogP contribution in [-0.2, 0) is 4.74 Å². The van der Waals surface area contributed by atoms with E-state index < -0.39 is 0 Å². The van der Waals surface area contributed by atoms with Gasteiger partial charge in [0.05, 0.1) is 12.4 Å². The summed E-state index contributed by atoms with van der Waals surface area (Å²) >= 11 is 0. The zero-order valence-corrected chi connectivity index (χ0v) is 11.9. The average Bonchev–Trinajstić information content (AvgIpc) is 3.19. The van der Waals surface area contributed by atoms with Crippen molar-refractivity contribution < 1.29 is 13.9 Å². The zero-order valence-electron chi connectivity index (χ0n) is 11.9. The molecule has 21 heavy (non-hydrogen) atoms. The van der Waals surface area contributed by atoms with E-state index in [1.54, 1.807) is 19.2 Å². The maximum atomic E-state index is 11.9. The van der Waals surface area contributed by atoms with Crippen molar-refractivity contribution in [3.8, 4) is 0 Å². The molecule has 5 heteroatoms. The zero-order chi connectivity index (χ0) is 14.7. The monoisotopic (exact) mass is 286 g/mol. The molecule has 3 rings (SSSR count). The van der Waals surface area contributed by atoms with Crippen LogP contribution in [-0.4, -0.2) is 32.2 Å². The van der Waals surface area contributed by atoms with Gasteiger partial charge >= 0.3 is 0 Å². The Morgan fingerprint density at radius 1 is 1.33 bits per heavy atom. The normalized spacial score (nSPS) is 18.0. The second-order valence-corrected chi connectivity index (χ2v) is 5.07. The van der Waals surface area contributed by atoms with Crippen LogP contribution in [0, 0.1) is 0 Å². The molecule has 1 aliphatic heterocycles. The third kappa shape index (κ3) is 3.08. The SMILES string of the molecule is CO[C@H]1CCN(c2ccc(NC(=O)c3ccco3)cc2)C1. The summed E-state index contributed by atoms with van der Waals surface area (Å²) in [5.74, 6) is 0.0647. The first-order valence-corrected chi connectivity index (χ1v) is 6.99. The van der Waals surface area contributed by atoms with Crippen molar-refractivity contribution in [2.45, 2.75) is 12.5 Å². The Hall–Kier alpha value is -2.27. The molecule has 0 aliphatic carbocycles. The number of carbonyl (C=O) groups excluding carboxylic acids is 1. The minimum absolute atomic E-state index is 0.242. The molecule has 0 unspecified atom stereocenters. The van der Waals surface area contributed by atoms with Crippen LogP contribution in [0.2, 0.25) is 0 Å². The molecule has 1 aromatic carbocycles. The maximum absolute atomic E-state index is 11.9. The van der Waals surface area contributed by atoms with Crippen molar-refractivity contribution >= 4 is 17.3 Å². The average molecular weight is 286 g/mol. The van der Waals surface area contributed by atoms with Gasteiger partial charge in [-0.1, -0.05) is 0 Å². The van der Waals surface area contributed by atoms with E-state index in [0.717, 1.165) is 30.9 Å². The van der Waals surface area contributed by atoms with E-state index in [1.165, 1.54) is 6.26 Å². The molecule has 1 aromatic heterocycles. The van der Waals surface area contributed by atoms with Crippen molar-refractivity contribution in [3.63, 3.8) is 0 Å². The number of hydrogen-bond acceptors (Lipinski definition) is 4. The topological polar surface area (TPSA) is 54.7 Å². The fraction of sp³-hybridized carbons (Fsp3) is 0.312. The lowest BCUT2D eigenvalue weighted by molar-refractivity contribution is 0.0996. The fourth-order valence-corrected chi connectivity index (χ4v) is 2.51. The van der Waals surface area contributed by atoms with Gasteiger partial charge in [0, 0.05) is 31.6 Å².